The third-order valence-electron chi connectivity index (χ3n) is 1.88. The first-order valence-corrected chi connectivity index (χ1v) is 4.96. The molecule has 66 valence electrons. The predicted molar refractivity (Wildman–Crippen MR) is 50.6 cm³/mol. The summed E-state index contributed by atoms with van der Waals surface area (Å²) in [5.41, 5.74) is 5.19. The van der Waals surface area contributed by atoms with Crippen molar-refractivity contribution >= 4 is 21.8 Å². The van der Waals surface area contributed by atoms with Crippen LogP contribution in [0.15, 0.2) is 0 Å². The number of primary amides is 1. The summed E-state index contributed by atoms with van der Waals surface area (Å²) in [5.74, 6) is -0.135. The van der Waals surface area contributed by atoms with Crippen LogP contribution in [0.1, 0.15) is 33.1 Å². The molecule has 0 aliphatic carbocycles. The van der Waals surface area contributed by atoms with Crippen LogP contribution < -0.4 is 5.73 Å². The number of nitrogens with two attached hydrogens (primary N) is 1. The summed E-state index contributed by atoms with van der Waals surface area (Å²) in [5, 5.41) is 0. The standard InChI is InChI=1S/C8H16BrNO/c1-3-6(8(10)11)5-7(9)4-2/h6-7H,3-5H2,1-2H3,(H2,10,11). The van der Waals surface area contributed by atoms with E-state index < -0.39 is 0 Å². The van der Waals surface area contributed by atoms with Crippen molar-refractivity contribution < 1.29 is 4.79 Å². The molecule has 0 aromatic carbocycles. The second-order valence-corrected chi connectivity index (χ2v) is 4.04. The Hall–Kier alpha value is -0.0500. The Kier molecular flexibility index (Phi) is 5.56. The van der Waals surface area contributed by atoms with Crippen molar-refractivity contribution in [1.82, 2.24) is 0 Å². The van der Waals surface area contributed by atoms with Crippen LogP contribution in [0.5, 0.6) is 0 Å². The first kappa shape index (κ1) is 11.0. The molecule has 0 saturated heterocycles. The van der Waals surface area contributed by atoms with Gasteiger partial charge < -0.3 is 5.73 Å². The second-order valence-electron chi connectivity index (χ2n) is 2.75. The Balaban J connectivity index is 3.77. The highest BCUT2D eigenvalue weighted by atomic mass is 79.9. The summed E-state index contributed by atoms with van der Waals surface area (Å²) in [6.45, 7) is 4.08. The highest BCUT2D eigenvalue weighted by molar-refractivity contribution is 9.09. The largest absolute Gasteiger partial charge is 0.369 e. The van der Waals surface area contributed by atoms with Gasteiger partial charge in [-0.1, -0.05) is 29.8 Å². The topological polar surface area (TPSA) is 43.1 Å². The Morgan fingerprint density at radius 2 is 2.00 bits per heavy atom. The molecule has 0 aliphatic rings. The van der Waals surface area contributed by atoms with E-state index in [0.29, 0.717) is 4.83 Å². The van der Waals surface area contributed by atoms with Gasteiger partial charge in [0.05, 0.1) is 0 Å². The molecule has 11 heavy (non-hydrogen) atoms. The van der Waals surface area contributed by atoms with Gasteiger partial charge in [-0.2, -0.15) is 0 Å². The van der Waals surface area contributed by atoms with E-state index >= 15 is 0 Å². The zero-order chi connectivity index (χ0) is 8.85. The van der Waals surface area contributed by atoms with E-state index in [2.05, 4.69) is 22.9 Å². The third-order valence-corrected chi connectivity index (χ3v) is 2.90. The van der Waals surface area contributed by atoms with E-state index in [-0.39, 0.29) is 11.8 Å². The highest BCUT2D eigenvalue weighted by Gasteiger charge is 2.15. The molecule has 2 N–H and O–H groups in total. The zero-order valence-corrected chi connectivity index (χ0v) is 8.73. The van der Waals surface area contributed by atoms with E-state index in [1.54, 1.807) is 0 Å². The van der Waals surface area contributed by atoms with E-state index in [1.807, 2.05) is 6.92 Å². The minimum absolute atomic E-state index is 0.0410. The number of hydrogen-bond acceptors (Lipinski definition) is 1. The molecular formula is C8H16BrNO. The normalized spacial score (nSPS) is 15.9. The van der Waals surface area contributed by atoms with Crippen molar-refractivity contribution in [3.63, 3.8) is 0 Å². The molecule has 1 amide bonds. The lowest BCUT2D eigenvalue weighted by Crippen LogP contribution is -2.24. The Morgan fingerprint density at radius 1 is 1.45 bits per heavy atom. The van der Waals surface area contributed by atoms with Crippen molar-refractivity contribution in [2.75, 3.05) is 0 Å². The smallest absolute Gasteiger partial charge is 0.220 e. The van der Waals surface area contributed by atoms with Gasteiger partial charge in [0, 0.05) is 10.7 Å². The van der Waals surface area contributed by atoms with Gasteiger partial charge >= 0.3 is 0 Å². The number of halogens is 1. The Bertz CT molecular complexity index is 127. The minimum atomic E-state index is -0.176. The number of alkyl halides is 1. The first-order chi connectivity index (χ1) is 5.11. The fraction of sp³-hybridized carbons (Fsp3) is 0.875. The Labute approximate surface area is 76.7 Å². The molecule has 0 aliphatic heterocycles. The van der Waals surface area contributed by atoms with Crippen molar-refractivity contribution in [3.8, 4) is 0 Å². The fourth-order valence-corrected chi connectivity index (χ4v) is 1.41. The maximum atomic E-state index is 10.8. The van der Waals surface area contributed by atoms with E-state index in [9.17, 15) is 4.79 Å². The number of carbonyl (C=O) groups is 1. The van der Waals surface area contributed by atoms with Crippen molar-refractivity contribution in [2.45, 2.75) is 37.9 Å². The van der Waals surface area contributed by atoms with Crippen LogP contribution in [0, 0.1) is 5.92 Å². The fourth-order valence-electron chi connectivity index (χ4n) is 0.959. The van der Waals surface area contributed by atoms with E-state index in [0.717, 1.165) is 19.3 Å². The SMILES string of the molecule is CCC(Br)CC(CC)C(N)=O. The first-order valence-electron chi connectivity index (χ1n) is 4.05. The summed E-state index contributed by atoms with van der Waals surface area (Å²) < 4.78 is 0. The van der Waals surface area contributed by atoms with Crippen molar-refractivity contribution in [3.05, 3.63) is 0 Å². The van der Waals surface area contributed by atoms with Gasteiger partial charge in [0.2, 0.25) is 5.91 Å². The van der Waals surface area contributed by atoms with Gasteiger partial charge in [0.1, 0.15) is 0 Å². The molecule has 0 rings (SSSR count). The molecule has 0 fully saturated rings. The summed E-state index contributed by atoms with van der Waals surface area (Å²) >= 11 is 3.48. The summed E-state index contributed by atoms with van der Waals surface area (Å²) in [6, 6.07) is 0. The lowest BCUT2D eigenvalue weighted by atomic mass is 9.99. The second kappa shape index (κ2) is 5.58. The van der Waals surface area contributed by atoms with Crippen LogP contribution in [0.3, 0.4) is 0 Å². The van der Waals surface area contributed by atoms with E-state index in [1.165, 1.54) is 0 Å². The highest BCUT2D eigenvalue weighted by Crippen LogP contribution is 2.18. The van der Waals surface area contributed by atoms with Gasteiger partial charge in [0.25, 0.3) is 0 Å². The van der Waals surface area contributed by atoms with Gasteiger partial charge in [-0.25, -0.2) is 0 Å². The summed E-state index contributed by atoms with van der Waals surface area (Å²) in [7, 11) is 0. The van der Waals surface area contributed by atoms with Crippen molar-refractivity contribution in [2.24, 2.45) is 11.7 Å². The molecule has 0 spiro atoms. The lowest BCUT2D eigenvalue weighted by molar-refractivity contribution is -0.122. The van der Waals surface area contributed by atoms with Crippen molar-refractivity contribution in [1.29, 1.82) is 0 Å². The summed E-state index contributed by atoms with van der Waals surface area (Å²) in [6.07, 6.45) is 2.75. The number of rotatable bonds is 5. The maximum Gasteiger partial charge on any atom is 0.220 e. The lowest BCUT2D eigenvalue weighted by Gasteiger charge is -2.13. The molecule has 2 unspecified atom stereocenters. The molecule has 0 aromatic rings. The molecule has 0 bridgehead atoms. The van der Waals surface area contributed by atoms with E-state index in [4.69, 9.17) is 5.73 Å². The molecule has 2 nitrogen and oxygen atoms in total. The predicted octanol–water partition coefficient (Wildman–Crippen LogP) is 2.06. The van der Waals surface area contributed by atoms with Crippen LogP contribution in [-0.2, 0) is 4.79 Å². The van der Waals surface area contributed by atoms with Crippen LogP contribution in [0.2, 0.25) is 0 Å². The average Bonchev–Trinajstić information content (AvgIpc) is 1.99. The third kappa shape index (κ3) is 4.40. The van der Waals surface area contributed by atoms with Gasteiger partial charge in [-0.3, -0.25) is 4.79 Å². The molecule has 0 heterocycles. The van der Waals surface area contributed by atoms with Gasteiger partial charge in [0.15, 0.2) is 0 Å². The van der Waals surface area contributed by atoms with Crippen LogP contribution in [0.25, 0.3) is 0 Å². The Morgan fingerprint density at radius 3 is 2.27 bits per heavy atom. The summed E-state index contributed by atoms with van der Waals surface area (Å²) in [4.78, 5) is 11.2. The monoisotopic (exact) mass is 221 g/mol. The maximum absolute atomic E-state index is 10.8. The molecule has 2 atom stereocenters. The van der Waals surface area contributed by atoms with Crippen LogP contribution >= 0.6 is 15.9 Å². The van der Waals surface area contributed by atoms with Gasteiger partial charge in [-0.15, -0.1) is 0 Å². The number of carbonyl (C=O) groups excluding carboxylic acids is 1. The minimum Gasteiger partial charge on any atom is -0.369 e. The quantitative estimate of drug-likeness (QED) is 0.711. The molecular weight excluding hydrogens is 206 g/mol. The van der Waals surface area contributed by atoms with Crippen LogP contribution in [0.4, 0.5) is 0 Å². The molecule has 0 saturated carbocycles. The molecule has 3 heteroatoms. The number of hydrogen-bond donors (Lipinski definition) is 1. The average molecular weight is 222 g/mol. The zero-order valence-electron chi connectivity index (χ0n) is 7.14. The molecule has 0 aromatic heterocycles. The number of amides is 1. The van der Waals surface area contributed by atoms with Gasteiger partial charge in [-0.05, 0) is 19.3 Å². The molecule has 0 radical (unpaired) electrons. The van der Waals surface area contributed by atoms with Crippen LogP contribution in [-0.4, -0.2) is 10.7 Å².